The Labute approximate surface area is 116 Å². The van der Waals surface area contributed by atoms with Crippen LogP contribution in [-0.4, -0.2) is 17.6 Å². The number of fused-ring (bicyclic) bond motifs is 3. The summed E-state index contributed by atoms with van der Waals surface area (Å²) in [7, 11) is 0. The summed E-state index contributed by atoms with van der Waals surface area (Å²) >= 11 is 0. The van der Waals surface area contributed by atoms with Gasteiger partial charge in [0.05, 0.1) is 11.2 Å². The van der Waals surface area contributed by atoms with Gasteiger partial charge in [-0.2, -0.15) is 0 Å². The number of ketones is 1. The van der Waals surface area contributed by atoms with Crippen molar-refractivity contribution in [3.05, 3.63) is 29.5 Å². The molecule has 20 heavy (non-hydrogen) atoms. The Bertz CT molecular complexity index is 749. The number of carbonyl (C=O) groups is 1. The van der Waals surface area contributed by atoms with E-state index < -0.39 is 0 Å². The van der Waals surface area contributed by atoms with Crippen molar-refractivity contribution in [3.63, 3.8) is 0 Å². The predicted octanol–water partition coefficient (Wildman–Crippen LogP) is 3.12. The lowest BCUT2D eigenvalue weighted by Crippen LogP contribution is -2.27. The van der Waals surface area contributed by atoms with Crippen LogP contribution in [0, 0.1) is 5.41 Å². The standard InChI is InChI=1S/C16H15NO3/c1-16(2)6-12-10(13(18)7-16)3-9-4-14-15(20-8-19-14)5-11(9)17-12/h3-5H,6-8H2,1-2H3. The van der Waals surface area contributed by atoms with E-state index in [-0.39, 0.29) is 18.0 Å². The van der Waals surface area contributed by atoms with Crippen LogP contribution >= 0.6 is 0 Å². The van der Waals surface area contributed by atoms with Crippen molar-refractivity contribution >= 4 is 16.7 Å². The van der Waals surface area contributed by atoms with Crippen molar-refractivity contribution in [3.8, 4) is 11.5 Å². The summed E-state index contributed by atoms with van der Waals surface area (Å²) in [5, 5.41) is 0.932. The minimum atomic E-state index is -0.0128. The van der Waals surface area contributed by atoms with Gasteiger partial charge < -0.3 is 9.47 Å². The first-order valence-corrected chi connectivity index (χ1v) is 6.78. The third kappa shape index (κ3) is 1.68. The molecule has 0 fully saturated rings. The summed E-state index contributed by atoms with van der Waals surface area (Å²) in [5.74, 6) is 1.64. The number of Topliss-reactive ketones (excluding diaryl/α,β-unsaturated/α-hetero) is 1. The summed E-state index contributed by atoms with van der Waals surface area (Å²) in [6.07, 6.45) is 1.41. The van der Waals surface area contributed by atoms with Gasteiger partial charge in [0.15, 0.2) is 17.3 Å². The smallest absolute Gasteiger partial charge is 0.231 e. The second-order valence-corrected chi connectivity index (χ2v) is 6.32. The number of ether oxygens (including phenoxy) is 2. The van der Waals surface area contributed by atoms with E-state index in [0.29, 0.717) is 6.42 Å². The average Bonchev–Trinajstić information content (AvgIpc) is 2.79. The first kappa shape index (κ1) is 11.7. The van der Waals surface area contributed by atoms with Gasteiger partial charge in [0, 0.05) is 23.4 Å². The van der Waals surface area contributed by atoms with Crippen LogP contribution < -0.4 is 9.47 Å². The van der Waals surface area contributed by atoms with E-state index in [2.05, 4.69) is 18.8 Å². The largest absolute Gasteiger partial charge is 0.454 e. The topological polar surface area (TPSA) is 48.4 Å². The molecule has 0 unspecified atom stereocenters. The Hall–Kier alpha value is -2.10. The van der Waals surface area contributed by atoms with Gasteiger partial charge in [0.2, 0.25) is 6.79 Å². The zero-order chi connectivity index (χ0) is 13.9. The van der Waals surface area contributed by atoms with Crippen molar-refractivity contribution in [2.24, 2.45) is 5.41 Å². The molecule has 0 N–H and O–H groups in total. The number of pyridine rings is 1. The van der Waals surface area contributed by atoms with Crippen LogP contribution in [0.3, 0.4) is 0 Å². The highest BCUT2D eigenvalue weighted by molar-refractivity contribution is 6.01. The molecule has 0 radical (unpaired) electrons. The fourth-order valence-electron chi connectivity index (χ4n) is 3.03. The van der Waals surface area contributed by atoms with Gasteiger partial charge in [-0.05, 0) is 24.0 Å². The summed E-state index contributed by atoms with van der Waals surface area (Å²) in [6.45, 7) is 4.47. The molecule has 4 heteroatoms. The van der Waals surface area contributed by atoms with Crippen molar-refractivity contribution in [1.82, 2.24) is 4.98 Å². The molecule has 0 saturated heterocycles. The Morgan fingerprint density at radius 2 is 1.85 bits per heavy atom. The normalized spacial score (nSPS) is 19.2. The number of hydrogen-bond donors (Lipinski definition) is 0. The van der Waals surface area contributed by atoms with Gasteiger partial charge >= 0.3 is 0 Å². The molecule has 1 aliphatic carbocycles. The fraction of sp³-hybridized carbons (Fsp3) is 0.375. The molecule has 102 valence electrons. The number of aromatic nitrogens is 1. The predicted molar refractivity (Wildman–Crippen MR) is 74.3 cm³/mol. The molecule has 1 aliphatic heterocycles. The van der Waals surface area contributed by atoms with Crippen LogP contribution in [-0.2, 0) is 6.42 Å². The van der Waals surface area contributed by atoms with Gasteiger partial charge in [-0.3, -0.25) is 9.78 Å². The van der Waals surface area contributed by atoms with Gasteiger partial charge in [0.25, 0.3) is 0 Å². The molecule has 2 heterocycles. The average molecular weight is 269 g/mol. The van der Waals surface area contributed by atoms with E-state index in [0.717, 1.165) is 40.1 Å². The van der Waals surface area contributed by atoms with E-state index in [1.165, 1.54) is 0 Å². The highest BCUT2D eigenvalue weighted by atomic mass is 16.7. The van der Waals surface area contributed by atoms with Crippen molar-refractivity contribution in [1.29, 1.82) is 0 Å². The summed E-state index contributed by atoms with van der Waals surface area (Å²) in [4.78, 5) is 17.0. The molecule has 1 aromatic heterocycles. The van der Waals surface area contributed by atoms with Gasteiger partial charge in [-0.15, -0.1) is 0 Å². The van der Waals surface area contributed by atoms with Crippen LogP contribution in [0.15, 0.2) is 18.2 Å². The third-order valence-electron chi connectivity index (χ3n) is 3.97. The van der Waals surface area contributed by atoms with E-state index in [4.69, 9.17) is 9.47 Å². The second-order valence-electron chi connectivity index (χ2n) is 6.32. The lowest BCUT2D eigenvalue weighted by molar-refractivity contribution is 0.0910. The Balaban J connectivity index is 1.94. The zero-order valence-electron chi connectivity index (χ0n) is 11.5. The quantitative estimate of drug-likeness (QED) is 0.737. The van der Waals surface area contributed by atoms with Crippen LogP contribution in [0.5, 0.6) is 11.5 Å². The lowest BCUT2D eigenvalue weighted by atomic mass is 9.75. The maximum atomic E-state index is 12.3. The lowest BCUT2D eigenvalue weighted by Gasteiger charge is -2.29. The fourth-order valence-corrected chi connectivity index (χ4v) is 3.03. The SMILES string of the molecule is CC1(C)CC(=O)c2cc3cc4c(cc3nc2C1)OCO4. The number of carbonyl (C=O) groups excluding carboxylic acids is 1. The Morgan fingerprint density at radius 3 is 2.65 bits per heavy atom. The highest BCUT2D eigenvalue weighted by Gasteiger charge is 2.32. The minimum Gasteiger partial charge on any atom is -0.454 e. The molecule has 0 bridgehead atoms. The summed E-state index contributed by atoms with van der Waals surface area (Å²) < 4.78 is 10.8. The molecule has 1 aromatic carbocycles. The molecule has 0 spiro atoms. The molecule has 2 aromatic rings. The number of rotatable bonds is 0. The molecule has 2 aliphatic rings. The number of nitrogens with zero attached hydrogens (tertiary/aromatic N) is 1. The van der Waals surface area contributed by atoms with Gasteiger partial charge in [0.1, 0.15) is 0 Å². The van der Waals surface area contributed by atoms with Crippen LogP contribution in [0.1, 0.15) is 36.3 Å². The molecule has 0 amide bonds. The first-order valence-electron chi connectivity index (χ1n) is 6.78. The maximum Gasteiger partial charge on any atom is 0.231 e. The summed E-state index contributed by atoms with van der Waals surface area (Å²) in [5.41, 5.74) is 2.51. The first-order chi connectivity index (χ1) is 9.52. The van der Waals surface area contributed by atoms with E-state index >= 15 is 0 Å². The zero-order valence-corrected chi connectivity index (χ0v) is 11.5. The van der Waals surface area contributed by atoms with E-state index in [1.54, 1.807) is 0 Å². The van der Waals surface area contributed by atoms with Crippen LogP contribution in [0.4, 0.5) is 0 Å². The van der Waals surface area contributed by atoms with Crippen molar-refractivity contribution in [2.45, 2.75) is 26.7 Å². The molecule has 4 nitrogen and oxygen atoms in total. The number of benzene rings is 1. The second kappa shape index (κ2) is 3.72. The molecule has 4 rings (SSSR count). The maximum absolute atomic E-state index is 12.3. The van der Waals surface area contributed by atoms with Crippen molar-refractivity contribution < 1.29 is 14.3 Å². The van der Waals surface area contributed by atoms with Gasteiger partial charge in [-0.1, -0.05) is 13.8 Å². The van der Waals surface area contributed by atoms with Gasteiger partial charge in [-0.25, -0.2) is 0 Å². The number of hydrogen-bond acceptors (Lipinski definition) is 4. The molecular weight excluding hydrogens is 254 g/mol. The van der Waals surface area contributed by atoms with E-state index in [9.17, 15) is 4.79 Å². The third-order valence-corrected chi connectivity index (χ3v) is 3.97. The van der Waals surface area contributed by atoms with Crippen LogP contribution in [0.2, 0.25) is 0 Å². The van der Waals surface area contributed by atoms with E-state index in [1.807, 2.05) is 18.2 Å². The highest BCUT2D eigenvalue weighted by Crippen LogP contribution is 2.39. The Morgan fingerprint density at radius 1 is 1.10 bits per heavy atom. The molecule has 0 atom stereocenters. The summed E-state index contributed by atoms with van der Waals surface area (Å²) in [6, 6.07) is 5.74. The van der Waals surface area contributed by atoms with Crippen LogP contribution in [0.25, 0.3) is 10.9 Å². The monoisotopic (exact) mass is 269 g/mol. The molecule has 0 saturated carbocycles. The minimum absolute atomic E-state index is 0.0128. The molecular formula is C16H15NO3. The van der Waals surface area contributed by atoms with Crippen molar-refractivity contribution in [2.75, 3.05) is 6.79 Å². The Kier molecular flexibility index (Phi) is 2.18.